The summed E-state index contributed by atoms with van der Waals surface area (Å²) >= 11 is 0. The minimum atomic E-state index is 0.616. The van der Waals surface area contributed by atoms with Crippen LogP contribution in [-0.2, 0) is 0 Å². The van der Waals surface area contributed by atoms with Crippen LogP contribution in [0.4, 0.5) is 0 Å². The van der Waals surface area contributed by atoms with Crippen molar-refractivity contribution in [2.45, 2.75) is 18.8 Å². The number of aromatic nitrogens is 2. The molecule has 1 saturated heterocycles. The van der Waals surface area contributed by atoms with Crippen LogP contribution in [0.2, 0.25) is 0 Å². The SMILES string of the molecule is c1cc(C2CC[N]CC2)ncn1. The average molecular weight is 162 g/mol. The standard InChI is InChI=1S/C9H12N3/c1-4-10-5-2-8(1)9-3-6-11-7-12-9/h3,6-8H,1-2,4-5H2. The highest BCUT2D eigenvalue weighted by Gasteiger charge is 2.16. The van der Waals surface area contributed by atoms with Gasteiger partial charge in [-0.1, -0.05) is 0 Å². The predicted molar refractivity (Wildman–Crippen MR) is 45.9 cm³/mol. The third-order valence-corrected chi connectivity index (χ3v) is 2.29. The molecule has 0 unspecified atom stereocenters. The third-order valence-electron chi connectivity index (χ3n) is 2.29. The lowest BCUT2D eigenvalue weighted by molar-refractivity contribution is 0.446. The zero-order valence-corrected chi connectivity index (χ0v) is 6.98. The molecule has 2 rings (SSSR count). The molecule has 1 fully saturated rings. The molecule has 0 bridgehead atoms. The van der Waals surface area contributed by atoms with Gasteiger partial charge in [-0.25, -0.2) is 15.3 Å². The Morgan fingerprint density at radius 1 is 1.25 bits per heavy atom. The van der Waals surface area contributed by atoms with E-state index in [-0.39, 0.29) is 0 Å². The first-order valence-electron chi connectivity index (χ1n) is 4.36. The van der Waals surface area contributed by atoms with Gasteiger partial charge in [0, 0.05) is 30.9 Å². The molecule has 0 spiro atoms. The second kappa shape index (κ2) is 3.63. The topological polar surface area (TPSA) is 39.9 Å². The Morgan fingerprint density at radius 2 is 2.08 bits per heavy atom. The minimum Gasteiger partial charge on any atom is -0.245 e. The van der Waals surface area contributed by atoms with Crippen LogP contribution in [0.1, 0.15) is 24.5 Å². The van der Waals surface area contributed by atoms with E-state index in [2.05, 4.69) is 15.3 Å². The van der Waals surface area contributed by atoms with Crippen LogP contribution >= 0.6 is 0 Å². The van der Waals surface area contributed by atoms with Gasteiger partial charge >= 0.3 is 0 Å². The fraction of sp³-hybridized carbons (Fsp3) is 0.556. The van der Waals surface area contributed by atoms with Crippen molar-refractivity contribution in [2.24, 2.45) is 0 Å². The summed E-state index contributed by atoms with van der Waals surface area (Å²) in [6.45, 7) is 1.99. The lowest BCUT2D eigenvalue weighted by Gasteiger charge is -2.20. The first-order valence-corrected chi connectivity index (χ1v) is 4.36. The third kappa shape index (κ3) is 1.61. The summed E-state index contributed by atoms with van der Waals surface area (Å²) in [4.78, 5) is 8.16. The Labute approximate surface area is 72.2 Å². The fourth-order valence-electron chi connectivity index (χ4n) is 1.59. The van der Waals surface area contributed by atoms with Crippen molar-refractivity contribution in [3.05, 3.63) is 24.3 Å². The molecule has 1 aliphatic heterocycles. The van der Waals surface area contributed by atoms with E-state index < -0.39 is 0 Å². The highest BCUT2D eigenvalue weighted by Crippen LogP contribution is 2.22. The van der Waals surface area contributed by atoms with Gasteiger partial charge in [-0.3, -0.25) is 0 Å². The molecule has 3 nitrogen and oxygen atoms in total. The van der Waals surface area contributed by atoms with E-state index in [1.807, 2.05) is 12.3 Å². The molecular weight excluding hydrogens is 150 g/mol. The summed E-state index contributed by atoms with van der Waals surface area (Å²) in [5, 5.41) is 4.31. The van der Waals surface area contributed by atoms with Gasteiger partial charge in [0.15, 0.2) is 0 Å². The molecule has 3 heteroatoms. The summed E-state index contributed by atoms with van der Waals surface area (Å²) in [7, 11) is 0. The largest absolute Gasteiger partial charge is 0.245 e. The van der Waals surface area contributed by atoms with Gasteiger partial charge in [-0.05, 0) is 18.9 Å². The molecule has 1 aliphatic rings. The predicted octanol–water partition coefficient (Wildman–Crippen LogP) is 0.958. The van der Waals surface area contributed by atoms with Crippen LogP contribution in [0, 0.1) is 0 Å². The van der Waals surface area contributed by atoms with Gasteiger partial charge in [0.25, 0.3) is 0 Å². The van der Waals surface area contributed by atoms with Gasteiger partial charge < -0.3 is 0 Å². The van der Waals surface area contributed by atoms with E-state index in [0.717, 1.165) is 25.9 Å². The molecule has 1 radical (unpaired) electrons. The van der Waals surface area contributed by atoms with Crippen molar-refractivity contribution < 1.29 is 0 Å². The Balaban J connectivity index is 2.08. The normalized spacial score (nSPS) is 19.3. The van der Waals surface area contributed by atoms with Gasteiger partial charge in [-0.15, -0.1) is 0 Å². The molecule has 0 aromatic carbocycles. The van der Waals surface area contributed by atoms with Crippen molar-refractivity contribution in [3.63, 3.8) is 0 Å². The zero-order valence-electron chi connectivity index (χ0n) is 6.98. The lowest BCUT2D eigenvalue weighted by atomic mass is 9.95. The Bertz CT molecular complexity index is 229. The summed E-state index contributed by atoms with van der Waals surface area (Å²) in [6.07, 6.45) is 5.74. The van der Waals surface area contributed by atoms with Gasteiger partial charge in [0.05, 0.1) is 0 Å². The van der Waals surface area contributed by atoms with Crippen LogP contribution in [0.3, 0.4) is 0 Å². The molecule has 0 atom stereocenters. The molecule has 1 aromatic rings. The number of rotatable bonds is 1. The molecule has 12 heavy (non-hydrogen) atoms. The maximum Gasteiger partial charge on any atom is 0.115 e. The first-order chi connectivity index (χ1) is 5.97. The second-order valence-electron chi connectivity index (χ2n) is 3.08. The highest BCUT2D eigenvalue weighted by atomic mass is 14.9. The van der Waals surface area contributed by atoms with Crippen molar-refractivity contribution in [3.8, 4) is 0 Å². The molecule has 0 aliphatic carbocycles. The van der Waals surface area contributed by atoms with Crippen LogP contribution in [0.25, 0.3) is 0 Å². The Kier molecular flexibility index (Phi) is 2.32. The zero-order chi connectivity index (χ0) is 8.23. The number of hydrogen-bond donors (Lipinski definition) is 0. The average Bonchev–Trinajstić information content (AvgIpc) is 2.21. The summed E-state index contributed by atoms with van der Waals surface area (Å²) in [5.74, 6) is 0.616. The maximum absolute atomic E-state index is 4.31. The quantitative estimate of drug-likeness (QED) is 0.617. The fourth-order valence-corrected chi connectivity index (χ4v) is 1.59. The Morgan fingerprint density at radius 3 is 2.75 bits per heavy atom. The van der Waals surface area contributed by atoms with Crippen LogP contribution < -0.4 is 5.32 Å². The van der Waals surface area contributed by atoms with Crippen molar-refractivity contribution in [2.75, 3.05) is 13.1 Å². The van der Waals surface area contributed by atoms with E-state index in [1.54, 1.807) is 6.33 Å². The second-order valence-corrected chi connectivity index (χ2v) is 3.08. The summed E-state index contributed by atoms with van der Waals surface area (Å²) in [6, 6.07) is 2.01. The van der Waals surface area contributed by atoms with Crippen LogP contribution in [0.15, 0.2) is 18.6 Å². The molecule has 0 amide bonds. The molecule has 0 saturated carbocycles. The smallest absolute Gasteiger partial charge is 0.115 e. The summed E-state index contributed by atoms with van der Waals surface area (Å²) in [5.41, 5.74) is 1.18. The van der Waals surface area contributed by atoms with E-state index in [4.69, 9.17) is 0 Å². The molecular formula is C9H12N3. The van der Waals surface area contributed by atoms with Crippen molar-refractivity contribution >= 4 is 0 Å². The van der Waals surface area contributed by atoms with Crippen molar-refractivity contribution in [1.82, 2.24) is 15.3 Å². The molecule has 1 aromatic heterocycles. The molecule has 63 valence electrons. The van der Waals surface area contributed by atoms with Gasteiger partial charge in [-0.2, -0.15) is 0 Å². The Hall–Kier alpha value is -0.960. The van der Waals surface area contributed by atoms with Gasteiger partial charge in [0.2, 0.25) is 0 Å². The number of nitrogens with zero attached hydrogens (tertiary/aromatic N) is 3. The highest BCUT2D eigenvalue weighted by molar-refractivity contribution is 5.06. The van der Waals surface area contributed by atoms with E-state index >= 15 is 0 Å². The lowest BCUT2D eigenvalue weighted by Crippen LogP contribution is -2.21. The van der Waals surface area contributed by atoms with Crippen LogP contribution in [-0.4, -0.2) is 23.1 Å². The monoisotopic (exact) mass is 162 g/mol. The maximum atomic E-state index is 4.31. The minimum absolute atomic E-state index is 0.616. The first kappa shape index (κ1) is 7.68. The van der Waals surface area contributed by atoms with Crippen molar-refractivity contribution in [1.29, 1.82) is 0 Å². The van der Waals surface area contributed by atoms with E-state index in [9.17, 15) is 0 Å². The van der Waals surface area contributed by atoms with Crippen LogP contribution in [0.5, 0.6) is 0 Å². The molecule has 2 heterocycles. The number of hydrogen-bond acceptors (Lipinski definition) is 2. The van der Waals surface area contributed by atoms with E-state index in [1.165, 1.54) is 5.69 Å². The number of piperidine rings is 1. The summed E-state index contributed by atoms with van der Waals surface area (Å²) < 4.78 is 0. The van der Waals surface area contributed by atoms with Gasteiger partial charge in [0.1, 0.15) is 6.33 Å². The molecule has 0 N–H and O–H groups in total. The van der Waals surface area contributed by atoms with E-state index in [0.29, 0.717) is 5.92 Å².